The van der Waals surface area contributed by atoms with E-state index in [4.69, 9.17) is 0 Å². The average Bonchev–Trinajstić information content (AvgIpc) is 2.90. The Morgan fingerprint density at radius 2 is 1.78 bits per heavy atom. The Kier molecular flexibility index (Phi) is 3.97. The molecule has 0 N–H and O–H groups in total. The normalized spacial score (nSPS) is 52.3. The van der Waals surface area contributed by atoms with Gasteiger partial charge in [-0.15, -0.1) is 0 Å². The lowest BCUT2D eigenvalue weighted by Crippen LogP contribution is -2.49. The smallest absolute Gasteiger partial charge is 0.00851 e. The maximum absolute atomic E-state index is 2.74. The minimum atomic E-state index is 0.570. The zero-order chi connectivity index (χ0) is 16.2. The SMILES string of the molecule is CCC1CCC2(C)C(=CCC3C2CCC2(C)C(CC)CCC32)C1. The van der Waals surface area contributed by atoms with E-state index < -0.39 is 0 Å². The fourth-order valence-electron chi connectivity index (χ4n) is 7.86. The molecule has 0 amide bonds. The molecule has 0 spiro atoms. The first-order chi connectivity index (χ1) is 11.0. The molecule has 0 aliphatic heterocycles. The topological polar surface area (TPSA) is 0 Å². The zero-order valence-corrected chi connectivity index (χ0v) is 16.0. The van der Waals surface area contributed by atoms with Crippen LogP contribution in [0, 0.1) is 40.4 Å². The molecular formula is C23H38. The first-order valence-corrected chi connectivity index (χ1v) is 10.7. The van der Waals surface area contributed by atoms with Crippen molar-refractivity contribution in [3.05, 3.63) is 11.6 Å². The highest BCUT2D eigenvalue weighted by atomic mass is 14.6. The summed E-state index contributed by atoms with van der Waals surface area (Å²) in [6, 6.07) is 0. The number of fused-ring (bicyclic) bond motifs is 5. The van der Waals surface area contributed by atoms with Crippen molar-refractivity contribution in [3.8, 4) is 0 Å². The quantitative estimate of drug-likeness (QED) is 0.481. The molecule has 3 fully saturated rings. The van der Waals surface area contributed by atoms with E-state index in [-0.39, 0.29) is 0 Å². The van der Waals surface area contributed by atoms with Crippen LogP contribution < -0.4 is 0 Å². The number of hydrogen-bond acceptors (Lipinski definition) is 0. The lowest BCUT2D eigenvalue weighted by molar-refractivity contribution is -0.0447. The average molecular weight is 315 g/mol. The zero-order valence-electron chi connectivity index (χ0n) is 16.0. The molecular weight excluding hydrogens is 276 g/mol. The van der Waals surface area contributed by atoms with Gasteiger partial charge in [0, 0.05) is 0 Å². The van der Waals surface area contributed by atoms with Crippen LogP contribution in [0.5, 0.6) is 0 Å². The summed E-state index contributed by atoms with van der Waals surface area (Å²) in [5.41, 5.74) is 3.13. The van der Waals surface area contributed by atoms with E-state index in [1.54, 1.807) is 0 Å². The Morgan fingerprint density at radius 3 is 2.52 bits per heavy atom. The molecule has 4 aliphatic carbocycles. The molecule has 0 radical (unpaired) electrons. The van der Waals surface area contributed by atoms with Crippen molar-refractivity contribution in [2.45, 2.75) is 91.9 Å². The molecule has 0 saturated heterocycles. The number of hydrogen-bond donors (Lipinski definition) is 0. The standard InChI is InChI=1S/C23H38/c1-5-16-11-13-23(4)18(15-16)7-9-19-20-10-8-17(6-2)22(20,3)14-12-21(19)23/h7,16-17,19-21H,5-6,8-15H2,1-4H3. The van der Waals surface area contributed by atoms with E-state index in [1.165, 1.54) is 64.2 Å². The molecule has 4 rings (SSSR count). The van der Waals surface area contributed by atoms with Gasteiger partial charge < -0.3 is 0 Å². The van der Waals surface area contributed by atoms with Crippen molar-refractivity contribution >= 4 is 0 Å². The van der Waals surface area contributed by atoms with E-state index in [1.807, 2.05) is 5.57 Å². The van der Waals surface area contributed by atoms with Crippen molar-refractivity contribution in [3.63, 3.8) is 0 Å². The van der Waals surface area contributed by atoms with Gasteiger partial charge >= 0.3 is 0 Å². The van der Waals surface area contributed by atoms with Crippen LogP contribution in [-0.4, -0.2) is 0 Å². The Morgan fingerprint density at radius 1 is 0.957 bits per heavy atom. The van der Waals surface area contributed by atoms with E-state index >= 15 is 0 Å². The van der Waals surface area contributed by atoms with Crippen molar-refractivity contribution in [1.29, 1.82) is 0 Å². The maximum Gasteiger partial charge on any atom is -0.00851 e. The van der Waals surface area contributed by atoms with Gasteiger partial charge in [-0.25, -0.2) is 0 Å². The highest BCUT2D eigenvalue weighted by Crippen LogP contribution is 2.66. The molecule has 130 valence electrons. The third-order valence-electron chi connectivity index (χ3n) is 9.47. The Balaban J connectivity index is 1.63. The molecule has 23 heavy (non-hydrogen) atoms. The van der Waals surface area contributed by atoms with Crippen LogP contribution in [0.1, 0.15) is 91.9 Å². The predicted octanol–water partition coefficient (Wildman–Crippen LogP) is 7.00. The number of allylic oxidation sites excluding steroid dienone is 2. The van der Waals surface area contributed by atoms with Crippen molar-refractivity contribution in [2.24, 2.45) is 40.4 Å². The Hall–Kier alpha value is -0.260. The van der Waals surface area contributed by atoms with E-state index in [9.17, 15) is 0 Å². The molecule has 0 heterocycles. The summed E-state index contributed by atoms with van der Waals surface area (Å²) in [7, 11) is 0. The second kappa shape index (κ2) is 5.63. The molecule has 0 aromatic carbocycles. The van der Waals surface area contributed by atoms with Crippen LogP contribution in [0.3, 0.4) is 0 Å². The summed E-state index contributed by atoms with van der Waals surface area (Å²) < 4.78 is 0. The third-order valence-corrected chi connectivity index (χ3v) is 9.47. The lowest BCUT2D eigenvalue weighted by Gasteiger charge is -2.58. The molecule has 0 bridgehead atoms. The fraction of sp³-hybridized carbons (Fsp3) is 0.913. The fourth-order valence-corrected chi connectivity index (χ4v) is 7.86. The second-order valence-electron chi connectivity index (χ2n) is 10.0. The maximum atomic E-state index is 2.74. The molecule has 0 heteroatoms. The van der Waals surface area contributed by atoms with Crippen molar-refractivity contribution < 1.29 is 0 Å². The summed E-state index contributed by atoms with van der Waals surface area (Å²) >= 11 is 0. The predicted molar refractivity (Wildman–Crippen MR) is 99.3 cm³/mol. The molecule has 7 atom stereocenters. The van der Waals surface area contributed by atoms with Crippen LogP contribution in [0.25, 0.3) is 0 Å². The van der Waals surface area contributed by atoms with Crippen LogP contribution in [0.15, 0.2) is 11.6 Å². The molecule has 0 aromatic rings. The van der Waals surface area contributed by atoms with E-state index in [0.29, 0.717) is 10.8 Å². The van der Waals surface area contributed by atoms with Gasteiger partial charge in [-0.05, 0) is 91.8 Å². The largest absolute Gasteiger partial charge is 0.0845 e. The van der Waals surface area contributed by atoms with Gasteiger partial charge in [0.2, 0.25) is 0 Å². The highest BCUT2D eigenvalue weighted by Gasteiger charge is 2.57. The van der Waals surface area contributed by atoms with E-state index in [2.05, 4.69) is 33.8 Å². The Bertz CT molecular complexity index is 488. The van der Waals surface area contributed by atoms with Crippen LogP contribution >= 0.6 is 0 Å². The third kappa shape index (κ3) is 2.22. The molecule has 3 saturated carbocycles. The minimum absolute atomic E-state index is 0.570. The number of rotatable bonds is 2. The molecule has 0 nitrogen and oxygen atoms in total. The second-order valence-corrected chi connectivity index (χ2v) is 10.0. The van der Waals surface area contributed by atoms with Gasteiger partial charge in [-0.1, -0.05) is 52.2 Å². The van der Waals surface area contributed by atoms with Gasteiger partial charge in [0.1, 0.15) is 0 Å². The highest BCUT2D eigenvalue weighted by molar-refractivity contribution is 5.25. The van der Waals surface area contributed by atoms with Gasteiger partial charge in [-0.2, -0.15) is 0 Å². The summed E-state index contributed by atoms with van der Waals surface area (Å²) in [5.74, 6) is 5.05. The van der Waals surface area contributed by atoms with Gasteiger partial charge in [-0.3, -0.25) is 0 Å². The summed E-state index contributed by atoms with van der Waals surface area (Å²) in [6.07, 6.45) is 17.5. The minimum Gasteiger partial charge on any atom is -0.0845 e. The van der Waals surface area contributed by atoms with Gasteiger partial charge in [0.05, 0.1) is 0 Å². The lowest BCUT2D eigenvalue weighted by atomic mass is 9.47. The van der Waals surface area contributed by atoms with E-state index in [0.717, 1.165) is 29.6 Å². The first-order valence-electron chi connectivity index (χ1n) is 10.7. The summed E-state index contributed by atoms with van der Waals surface area (Å²) in [5, 5.41) is 0. The van der Waals surface area contributed by atoms with Crippen LogP contribution in [0.2, 0.25) is 0 Å². The molecule has 0 aromatic heterocycles. The molecule has 7 unspecified atom stereocenters. The van der Waals surface area contributed by atoms with Gasteiger partial charge in [0.25, 0.3) is 0 Å². The van der Waals surface area contributed by atoms with Crippen molar-refractivity contribution in [1.82, 2.24) is 0 Å². The first kappa shape index (κ1) is 16.2. The summed E-state index contributed by atoms with van der Waals surface area (Å²) in [6.45, 7) is 10.2. The van der Waals surface area contributed by atoms with Crippen LogP contribution in [0.4, 0.5) is 0 Å². The summed E-state index contributed by atoms with van der Waals surface area (Å²) in [4.78, 5) is 0. The van der Waals surface area contributed by atoms with Gasteiger partial charge in [0.15, 0.2) is 0 Å². The monoisotopic (exact) mass is 314 g/mol. The molecule has 4 aliphatic rings. The van der Waals surface area contributed by atoms with Crippen molar-refractivity contribution in [2.75, 3.05) is 0 Å². The van der Waals surface area contributed by atoms with Crippen LogP contribution in [-0.2, 0) is 0 Å². The Labute approximate surface area is 144 Å².